The molecule has 0 aromatic heterocycles. The van der Waals surface area contributed by atoms with Crippen LogP contribution in [-0.2, 0) is 0 Å². The maximum absolute atomic E-state index is 10.8. The average Bonchev–Trinajstić information content (AvgIpc) is 2.64. The summed E-state index contributed by atoms with van der Waals surface area (Å²) in [4.78, 5) is 1.91. The van der Waals surface area contributed by atoms with Crippen LogP contribution in [0.25, 0.3) is 21.9 Å². The van der Waals surface area contributed by atoms with E-state index >= 15 is 0 Å². The van der Waals surface area contributed by atoms with E-state index in [1.807, 2.05) is 48.3 Å². The zero-order valence-electron chi connectivity index (χ0n) is 13.9. The van der Waals surface area contributed by atoms with E-state index in [-0.39, 0.29) is 0 Å². The van der Waals surface area contributed by atoms with E-state index in [1.54, 1.807) is 14.2 Å². The second kappa shape index (κ2) is 5.42. The first-order valence-electron chi connectivity index (χ1n) is 7.84. The lowest BCUT2D eigenvalue weighted by atomic mass is 9.89. The molecule has 0 amide bonds. The van der Waals surface area contributed by atoms with Gasteiger partial charge in [-0.15, -0.1) is 0 Å². The number of aliphatic hydroxyl groups is 1. The number of fused-ring (bicyclic) bond motifs is 5. The Kier molecular flexibility index (Phi) is 3.36. The summed E-state index contributed by atoms with van der Waals surface area (Å²) in [6.07, 6.45) is -0.713. The molecule has 1 aliphatic heterocycles. The van der Waals surface area contributed by atoms with E-state index in [4.69, 9.17) is 9.47 Å². The molecular weight excluding hydrogens is 302 g/mol. The minimum absolute atomic E-state index is 0.713. The van der Waals surface area contributed by atoms with Crippen LogP contribution in [0.2, 0.25) is 0 Å². The third kappa shape index (κ3) is 2.03. The van der Waals surface area contributed by atoms with Crippen LogP contribution in [0.15, 0.2) is 48.5 Å². The van der Waals surface area contributed by atoms with Crippen molar-refractivity contribution in [2.75, 3.05) is 26.2 Å². The Bertz CT molecular complexity index is 936. The quantitative estimate of drug-likeness (QED) is 0.775. The van der Waals surface area contributed by atoms with Crippen LogP contribution < -0.4 is 14.4 Å². The minimum Gasteiger partial charge on any atom is -0.497 e. The van der Waals surface area contributed by atoms with Crippen molar-refractivity contribution in [3.05, 3.63) is 54.1 Å². The first-order valence-corrected chi connectivity index (χ1v) is 7.84. The highest BCUT2D eigenvalue weighted by molar-refractivity contribution is 6.04. The molecule has 0 bridgehead atoms. The van der Waals surface area contributed by atoms with E-state index in [2.05, 4.69) is 12.1 Å². The van der Waals surface area contributed by atoms with Crippen LogP contribution in [-0.4, -0.2) is 26.4 Å². The van der Waals surface area contributed by atoms with Crippen molar-refractivity contribution in [3.8, 4) is 22.6 Å². The Labute approximate surface area is 140 Å². The van der Waals surface area contributed by atoms with E-state index in [0.29, 0.717) is 0 Å². The normalized spacial score (nSPS) is 15.8. The summed E-state index contributed by atoms with van der Waals surface area (Å²) in [7, 11) is 5.21. The van der Waals surface area contributed by atoms with Crippen molar-refractivity contribution >= 4 is 16.5 Å². The molecule has 0 fully saturated rings. The highest BCUT2D eigenvalue weighted by Crippen LogP contribution is 2.47. The highest BCUT2D eigenvalue weighted by Gasteiger charge is 2.29. The molecule has 4 heteroatoms. The van der Waals surface area contributed by atoms with E-state index < -0.39 is 6.23 Å². The van der Waals surface area contributed by atoms with Crippen molar-refractivity contribution in [3.63, 3.8) is 0 Å². The van der Waals surface area contributed by atoms with Crippen molar-refractivity contribution in [2.24, 2.45) is 0 Å². The zero-order chi connectivity index (χ0) is 16.8. The topological polar surface area (TPSA) is 41.9 Å². The molecule has 122 valence electrons. The molecular formula is C20H19NO3. The summed E-state index contributed by atoms with van der Waals surface area (Å²) in [6, 6.07) is 16.0. The van der Waals surface area contributed by atoms with Crippen molar-refractivity contribution < 1.29 is 14.6 Å². The van der Waals surface area contributed by atoms with Gasteiger partial charge < -0.3 is 19.5 Å². The molecule has 0 saturated heterocycles. The van der Waals surface area contributed by atoms with Gasteiger partial charge in [-0.25, -0.2) is 0 Å². The van der Waals surface area contributed by atoms with Crippen molar-refractivity contribution in [1.82, 2.24) is 0 Å². The monoisotopic (exact) mass is 321 g/mol. The summed E-state index contributed by atoms with van der Waals surface area (Å²) < 4.78 is 10.6. The average molecular weight is 321 g/mol. The van der Waals surface area contributed by atoms with E-state index in [9.17, 15) is 5.11 Å². The first kappa shape index (κ1) is 14.8. The van der Waals surface area contributed by atoms with Gasteiger partial charge in [-0.2, -0.15) is 0 Å². The number of hydrogen-bond donors (Lipinski definition) is 1. The molecule has 3 aromatic carbocycles. The Balaban J connectivity index is 2.01. The fraction of sp³-hybridized carbons (Fsp3) is 0.200. The van der Waals surface area contributed by atoms with Gasteiger partial charge in [0.1, 0.15) is 11.5 Å². The molecule has 4 nitrogen and oxygen atoms in total. The molecule has 1 heterocycles. The Hall–Kier alpha value is -2.72. The second-order valence-corrected chi connectivity index (χ2v) is 5.99. The molecule has 1 aliphatic rings. The fourth-order valence-corrected chi connectivity index (χ4v) is 3.47. The molecule has 3 aromatic rings. The maximum Gasteiger partial charge on any atom is 0.153 e. The number of aliphatic hydroxyl groups excluding tert-OH is 1. The van der Waals surface area contributed by atoms with Crippen LogP contribution >= 0.6 is 0 Å². The number of hydrogen-bond acceptors (Lipinski definition) is 4. The predicted octanol–water partition coefficient (Wildman–Crippen LogP) is 3.96. The summed E-state index contributed by atoms with van der Waals surface area (Å²) in [5, 5.41) is 13.0. The lowest BCUT2D eigenvalue weighted by molar-refractivity contribution is 0.177. The molecule has 1 atom stereocenters. The molecule has 4 rings (SSSR count). The van der Waals surface area contributed by atoms with Gasteiger partial charge in [0.2, 0.25) is 0 Å². The number of ether oxygens (including phenoxy) is 2. The maximum atomic E-state index is 10.8. The van der Waals surface area contributed by atoms with Gasteiger partial charge >= 0.3 is 0 Å². The van der Waals surface area contributed by atoms with Gasteiger partial charge in [0, 0.05) is 23.6 Å². The van der Waals surface area contributed by atoms with Crippen LogP contribution in [0.3, 0.4) is 0 Å². The number of nitrogens with zero attached hydrogens (tertiary/aromatic N) is 1. The van der Waals surface area contributed by atoms with Crippen molar-refractivity contribution in [2.45, 2.75) is 6.23 Å². The highest BCUT2D eigenvalue weighted by atomic mass is 16.5. The third-order valence-electron chi connectivity index (χ3n) is 4.75. The number of anilines is 1. The second-order valence-electron chi connectivity index (χ2n) is 5.99. The fourth-order valence-electron chi connectivity index (χ4n) is 3.47. The first-order chi connectivity index (χ1) is 11.6. The third-order valence-corrected chi connectivity index (χ3v) is 4.75. The molecule has 0 saturated carbocycles. The lowest BCUT2D eigenvalue weighted by Crippen LogP contribution is -2.28. The van der Waals surface area contributed by atoms with Gasteiger partial charge in [0.05, 0.1) is 19.9 Å². The van der Waals surface area contributed by atoms with Crippen molar-refractivity contribution in [1.29, 1.82) is 0 Å². The molecule has 0 radical (unpaired) electrons. The predicted molar refractivity (Wildman–Crippen MR) is 95.9 cm³/mol. The van der Waals surface area contributed by atoms with Crippen LogP contribution in [0.4, 0.5) is 5.69 Å². The molecule has 1 unspecified atom stereocenters. The van der Waals surface area contributed by atoms with Crippen LogP contribution in [0.1, 0.15) is 11.8 Å². The van der Waals surface area contributed by atoms with Crippen LogP contribution in [0.5, 0.6) is 11.5 Å². The van der Waals surface area contributed by atoms with E-state index in [0.717, 1.165) is 44.6 Å². The summed E-state index contributed by atoms with van der Waals surface area (Å²) >= 11 is 0. The summed E-state index contributed by atoms with van der Waals surface area (Å²) in [5.41, 5.74) is 4.03. The molecule has 0 spiro atoms. The van der Waals surface area contributed by atoms with E-state index in [1.165, 1.54) is 0 Å². The largest absolute Gasteiger partial charge is 0.497 e. The van der Waals surface area contributed by atoms with Gasteiger partial charge in [-0.05, 0) is 41.3 Å². The van der Waals surface area contributed by atoms with Gasteiger partial charge in [-0.1, -0.05) is 18.2 Å². The standard InChI is InChI=1S/C20H19NO3/c1-21-19-15-8-5-13(23-2)10-12(15)4-7-17(19)16-9-6-14(24-3)11-18(16)20(21)22/h4-11,20,22H,1-3H3. The Morgan fingerprint density at radius 2 is 1.54 bits per heavy atom. The molecule has 0 aliphatic carbocycles. The Morgan fingerprint density at radius 3 is 2.29 bits per heavy atom. The smallest absolute Gasteiger partial charge is 0.153 e. The van der Waals surface area contributed by atoms with Gasteiger partial charge in [-0.3, -0.25) is 0 Å². The summed E-state index contributed by atoms with van der Waals surface area (Å²) in [5.74, 6) is 1.57. The van der Waals surface area contributed by atoms with Crippen LogP contribution in [0, 0.1) is 0 Å². The lowest BCUT2D eigenvalue weighted by Gasteiger charge is -2.35. The zero-order valence-corrected chi connectivity index (χ0v) is 13.9. The number of benzene rings is 3. The number of rotatable bonds is 2. The Morgan fingerprint density at radius 1 is 0.875 bits per heavy atom. The minimum atomic E-state index is -0.713. The number of methoxy groups -OCH3 is 2. The molecule has 1 N–H and O–H groups in total. The van der Waals surface area contributed by atoms with Gasteiger partial charge in [0.25, 0.3) is 0 Å². The SMILES string of the molecule is COc1ccc2c(c1)C(O)N(C)c1c-2ccc2cc(OC)ccc12. The van der Waals surface area contributed by atoms with Gasteiger partial charge in [0.15, 0.2) is 6.23 Å². The molecule has 24 heavy (non-hydrogen) atoms. The summed E-state index contributed by atoms with van der Waals surface area (Å²) in [6.45, 7) is 0.